The highest BCUT2D eigenvalue weighted by molar-refractivity contribution is 9.10. The van der Waals surface area contributed by atoms with Crippen LogP contribution in [-0.4, -0.2) is 35.8 Å². The van der Waals surface area contributed by atoms with Crippen LogP contribution in [0.4, 0.5) is 0 Å². The second-order valence-electron chi connectivity index (χ2n) is 6.67. The summed E-state index contributed by atoms with van der Waals surface area (Å²) >= 11 is 3.22. The number of likely N-dealkylation sites (tertiary alicyclic amines) is 1. The van der Waals surface area contributed by atoms with Crippen LogP contribution in [0.5, 0.6) is 0 Å². The lowest BCUT2D eigenvalue weighted by atomic mass is 10.0. The van der Waals surface area contributed by atoms with Crippen LogP contribution < -0.4 is 5.32 Å². The van der Waals surface area contributed by atoms with Gasteiger partial charge in [-0.3, -0.25) is 9.59 Å². The van der Waals surface area contributed by atoms with Gasteiger partial charge in [-0.15, -0.1) is 0 Å². The summed E-state index contributed by atoms with van der Waals surface area (Å²) in [5.41, 5.74) is 0.687. The van der Waals surface area contributed by atoms with Crippen LogP contribution in [0, 0.1) is 0 Å². The zero-order valence-electron chi connectivity index (χ0n) is 14.7. The molecular formula is C21H19BrN2O3. The summed E-state index contributed by atoms with van der Waals surface area (Å²) < 4.78 is 5.89. The van der Waals surface area contributed by atoms with Gasteiger partial charge in [0.2, 0.25) is 0 Å². The molecule has 6 heteroatoms. The number of rotatable bonds is 3. The van der Waals surface area contributed by atoms with Gasteiger partial charge in [-0.05, 0) is 57.7 Å². The maximum Gasteiger partial charge on any atom is 0.289 e. The Morgan fingerprint density at radius 2 is 1.74 bits per heavy atom. The van der Waals surface area contributed by atoms with Crippen molar-refractivity contribution in [3.8, 4) is 0 Å². The van der Waals surface area contributed by atoms with E-state index in [1.165, 1.54) is 0 Å². The van der Waals surface area contributed by atoms with Gasteiger partial charge in [-0.1, -0.05) is 36.4 Å². The number of furan rings is 1. The van der Waals surface area contributed by atoms with Gasteiger partial charge in [0.05, 0.1) is 0 Å². The highest BCUT2D eigenvalue weighted by atomic mass is 79.9. The van der Waals surface area contributed by atoms with E-state index in [1.54, 1.807) is 17.0 Å². The standard InChI is InChI=1S/C21H19BrN2O3/c22-19-9-8-18(27-19)21(26)24-12-10-15(11-13-24)23-20(25)17-7-3-5-14-4-1-2-6-16(14)17/h1-9,15H,10-13H2,(H,23,25). The Bertz CT molecular complexity index is 985. The van der Waals surface area contributed by atoms with Gasteiger partial charge in [-0.2, -0.15) is 0 Å². The number of benzene rings is 2. The van der Waals surface area contributed by atoms with E-state index in [1.807, 2.05) is 42.5 Å². The number of fused-ring (bicyclic) bond motifs is 1. The number of hydrogen-bond acceptors (Lipinski definition) is 3. The molecule has 1 aliphatic rings. The second-order valence-corrected chi connectivity index (χ2v) is 7.45. The van der Waals surface area contributed by atoms with Gasteiger partial charge >= 0.3 is 0 Å². The third kappa shape index (κ3) is 3.76. The minimum absolute atomic E-state index is 0.0591. The number of nitrogens with zero attached hydrogens (tertiary/aromatic N) is 1. The lowest BCUT2D eigenvalue weighted by Crippen LogP contribution is -2.46. The van der Waals surface area contributed by atoms with E-state index in [9.17, 15) is 9.59 Å². The molecule has 2 amide bonds. The highest BCUT2D eigenvalue weighted by Gasteiger charge is 2.26. The Balaban J connectivity index is 1.39. The molecule has 27 heavy (non-hydrogen) atoms. The molecule has 2 aromatic carbocycles. The molecule has 1 N–H and O–H groups in total. The first-order valence-corrected chi connectivity index (χ1v) is 9.74. The van der Waals surface area contributed by atoms with Crippen molar-refractivity contribution in [2.75, 3.05) is 13.1 Å². The molecule has 1 fully saturated rings. The van der Waals surface area contributed by atoms with E-state index in [4.69, 9.17) is 4.42 Å². The van der Waals surface area contributed by atoms with Crippen molar-refractivity contribution >= 4 is 38.5 Å². The fraction of sp³-hybridized carbons (Fsp3) is 0.238. The molecule has 138 valence electrons. The number of amides is 2. The molecule has 0 radical (unpaired) electrons. The third-order valence-corrected chi connectivity index (χ3v) is 5.36. The molecule has 0 unspecified atom stereocenters. The number of halogens is 1. The molecule has 1 aromatic heterocycles. The van der Waals surface area contributed by atoms with Crippen LogP contribution in [0.2, 0.25) is 0 Å². The smallest absolute Gasteiger partial charge is 0.289 e. The molecular weight excluding hydrogens is 408 g/mol. The first kappa shape index (κ1) is 17.8. The number of hydrogen-bond donors (Lipinski definition) is 1. The normalized spacial score (nSPS) is 15.1. The molecule has 0 bridgehead atoms. The van der Waals surface area contributed by atoms with Crippen molar-refractivity contribution in [3.05, 3.63) is 70.6 Å². The van der Waals surface area contributed by atoms with Crippen molar-refractivity contribution in [2.24, 2.45) is 0 Å². The minimum atomic E-state index is -0.112. The molecule has 0 saturated carbocycles. The first-order chi connectivity index (χ1) is 13.1. The molecule has 1 saturated heterocycles. The zero-order valence-corrected chi connectivity index (χ0v) is 16.2. The minimum Gasteiger partial charge on any atom is -0.444 e. The summed E-state index contributed by atoms with van der Waals surface area (Å²) in [6.07, 6.45) is 1.45. The van der Waals surface area contributed by atoms with E-state index >= 15 is 0 Å². The highest BCUT2D eigenvalue weighted by Crippen LogP contribution is 2.21. The van der Waals surface area contributed by atoms with Crippen LogP contribution in [0.25, 0.3) is 10.8 Å². The van der Waals surface area contributed by atoms with E-state index in [0.29, 0.717) is 29.1 Å². The average Bonchev–Trinajstić information content (AvgIpc) is 3.14. The van der Waals surface area contributed by atoms with Gasteiger partial charge < -0.3 is 14.6 Å². The van der Waals surface area contributed by atoms with Crippen molar-refractivity contribution in [2.45, 2.75) is 18.9 Å². The van der Waals surface area contributed by atoms with Gasteiger partial charge in [0, 0.05) is 24.7 Å². The summed E-state index contributed by atoms with van der Waals surface area (Å²) in [6, 6.07) is 17.1. The van der Waals surface area contributed by atoms with Crippen LogP contribution in [0.3, 0.4) is 0 Å². The van der Waals surface area contributed by atoms with Crippen LogP contribution in [-0.2, 0) is 0 Å². The van der Waals surface area contributed by atoms with Crippen molar-refractivity contribution in [1.29, 1.82) is 0 Å². The van der Waals surface area contributed by atoms with E-state index in [-0.39, 0.29) is 17.9 Å². The Kier molecular flexibility index (Phi) is 4.99. The molecule has 0 aliphatic carbocycles. The molecule has 5 nitrogen and oxygen atoms in total. The molecule has 0 spiro atoms. The number of piperidine rings is 1. The lowest BCUT2D eigenvalue weighted by Gasteiger charge is -2.32. The Morgan fingerprint density at radius 3 is 2.48 bits per heavy atom. The van der Waals surface area contributed by atoms with Gasteiger partial charge in [0.15, 0.2) is 10.4 Å². The summed E-state index contributed by atoms with van der Waals surface area (Å²) in [5.74, 6) is 0.159. The maximum atomic E-state index is 12.8. The van der Waals surface area contributed by atoms with Crippen LogP contribution in [0.1, 0.15) is 33.8 Å². The van der Waals surface area contributed by atoms with Crippen molar-refractivity contribution in [3.63, 3.8) is 0 Å². The van der Waals surface area contributed by atoms with Gasteiger partial charge in [0.1, 0.15) is 0 Å². The summed E-state index contributed by atoms with van der Waals surface area (Å²) in [6.45, 7) is 1.19. The quantitative estimate of drug-likeness (QED) is 0.681. The number of nitrogens with one attached hydrogen (secondary N) is 1. The fourth-order valence-corrected chi connectivity index (χ4v) is 3.81. The SMILES string of the molecule is O=C(NC1CCN(C(=O)c2ccc(Br)o2)CC1)c1cccc2ccccc12. The molecule has 0 atom stereocenters. The van der Waals surface area contributed by atoms with E-state index < -0.39 is 0 Å². The third-order valence-electron chi connectivity index (χ3n) is 4.94. The summed E-state index contributed by atoms with van der Waals surface area (Å²) in [7, 11) is 0. The van der Waals surface area contributed by atoms with E-state index in [2.05, 4.69) is 21.2 Å². The Hall–Kier alpha value is -2.60. The van der Waals surface area contributed by atoms with E-state index in [0.717, 1.165) is 23.6 Å². The Morgan fingerprint density at radius 1 is 1.00 bits per heavy atom. The lowest BCUT2D eigenvalue weighted by molar-refractivity contribution is 0.0666. The second kappa shape index (κ2) is 7.56. The fourth-order valence-electron chi connectivity index (χ4n) is 3.50. The average molecular weight is 427 g/mol. The maximum absolute atomic E-state index is 12.8. The van der Waals surface area contributed by atoms with Crippen molar-refractivity contribution < 1.29 is 14.0 Å². The Labute approximate surface area is 165 Å². The zero-order chi connectivity index (χ0) is 18.8. The van der Waals surface area contributed by atoms with Crippen LogP contribution >= 0.6 is 15.9 Å². The predicted octanol–water partition coefficient (Wildman–Crippen LogP) is 4.23. The topological polar surface area (TPSA) is 62.6 Å². The number of carbonyl (C=O) groups is 2. The molecule has 4 rings (SSSR count). The monoisotopic (exact) mass is 426 g/mol. The summed E-state index contributed by atoms with van der Waals surface area (Å²) in [5, 5.41) is 5.13. The predicted molar refractivity (Wildman–Crippen MR) is 107 cm³/mol. The number of carbonyl (C=O) groups excluding carboxylic acids is 2. The largest absolute Gasteiger partial charge is 0.444 e. The molecule has 2 heterocycles. The first-order valence-electron chi connectivity index (χ1n) is 8.95. The summed E-state index contributed by atoms with van der Waals surface area (Å²) in [4.78, 5) is 27.0. The molecule has 3 aromatic rings. The van der Waals surface area contributed by atoms with Gasteiger partial charge in [0.25, 0.3) is 11.8 Å². The molecule has 1 aliphatic heterocycles. The van der Waals surface area contributed by atoms with Gasteiger partial charge in [-0.25, -0.2) is 0 Å². The van der Waals surface area contributed by atoms with Crippen molar-refractivity contribution in [1.82, 2.24) is 10.2 Å². The van der Waals surface area contributed by atoms with Crippen LogP contribution in [0.15, 0.2) is 63.7 Å².